The first-order valence-electron chi connectivity index (χ1n) is 6.80. The van der Waals surface area contributed by atoms with Gasteiger partial charge in [0.15, 0.2) is 12.1 Å². The van der Waals surface area contributed by atoms with Crippen molar-refractivity contribution in [3.05, 3.63) is 0 Å². The number of hydrogen-bond acceptors (Lipinski definition) is 8. The van der Waals surface area contributed by atoms with Crippen molar-refractivity contribution < 1.29 is 44.5 Å². The molecular formula is C12H18N3O8+. The predicted molar refractivity (Wildman–Crippen MR) is 70.6 cm³/mol. The van der Waals surface area contributed by atoms with E-state index >= 15 is 0 Å². The lowest BCUT2D eigenvalue weighted by atomic mass is 9.97. The van der Waals surface area contributed by atoms with Gasteiger partial charge in [0.2, 0.25) is 12.3 Å². The van der Waals surface area contributed by atoms with E-state index in [1.54, 1.807) is 0 Å². The molecule has 11 nitrogen and oxygen atoms in total. The largest absolute Gasteiger partial charge is 0.394 e. The number of aliphatic hydroxyl groups excluding tert-OH is 4. The second kappa shape index (κ2) is 6.68. The van der Waals surface area contributed by atoms with Gasteiger partial charge in [-0.2, -0.15) is 0 Å². The Morgan fingerprint density at radius 1 is 1.26 bits per heavy atom. The Morgan fingerprint density at radius 3 is 2.52 bits per heavy atom. The molecule has 128 valence electrons. The van der Waals surface area contributed by atoms with Crippen LogP contribution in [0.1, 0.15) is 0 Å². The maximum Gasteiger partial charge on any atom is 0.330 e. The minimum Gasteiger partial charge on any atom is -0.394 e. The summed E-state index contributed by atoms with van der Waals surface area (Å²) in [5, 5.41) is 40.4. The van der Waals surface area contributed by atoms with Gasteiger partial charge in [0.05, 0.1) is 6.61 Å². The van der Waals surface area contributed by atoms with Gasteiger partial charge in [0.25, 0.3) is 11.8 Å². The zero-order chi connectivity index (χ0) is 17.3. The predicted octanol–water partition coefficient (Wildman–Crippen LogP) is -5.74. The molecule has 2 saturated heterocycles. The van der Waals surface area contributed by atoms with Crippen molar-refractivity contribution >= 4 is 24.1 Å². The van der Waals surface area contributed by atoms with E-state index in [1.807, 2.05) is 5.32 Å². The van der Waals surface area contributed by atoms with Crippen LogP contribution in [-0.2, 0) is 14.3 Å². The molecule has 0 bridgehead atoms. The summed E-state index contributed by atoms with van der Waals surface area (Å²) < 4.78 is 4.93. The summed E-state index contributed by atoms with van der Waals surface area (Å²) in [4.78, 5) is 38.0. The Hall–Kier alpha value is -1.92. The number of nitrogens with one attached hydrogen (secondary N) is 2. The molecule has 0 unspecified atom stereocenters. The summed E-state index contributed by atoms with van der Waals surface area (Å²) in [6, 6.07) is -2.09. The molecule has 4 amide bonds. The number of imide groups is 2. The van der Waals surface area contributed by atoms with Crippen LogP contribution in [0, 0.1) is 5.92 Å². The van der Waals surface area contributed by atoms with Gasteiger partial charge < -0.3 is 25.2 Å². The summed E-state index contributed by atoms with van der Waals surface area (Å²) in [6.45, 7) is -0.609. The maximum absolute atomic E-state index is 11.9. The number of hydrogen-bond donors (Lipinski definition) is 6. The number of carbonyl (C=O) groups is 3. The van der Waals surface area contributed by atoms with Crippen molar-refractivity contribution in [2.24, 2.45) is 5.92 Å². The van der Waals surface area contributed by atoms with Crippen molar-refractivity contribution in [2.45, 2.75) is 30.6 Å². The molecule has 0 aromatic heterocycles. The third-order valence-electron chi connectivity index (χ3n) is 3.77. The highest BCUT2D eigenvalue weighted by Crippen LogP contribution is 2.17. The highest BCUT2D eigenvalue weighted by molar-refractivity contribution is 6.22. The van der Waals surface area contributed by atoms with Crippen LogP contribution in [0.15, 0.2) is 0 Å². The number of barbiturate groups is 1. The lowest BCUT2D eigenvalue weighted by Crippen LogP contribution is -2.88. The van der Waals surface area contributed by atoms with Crippen LogP contribution in [-0.4, -0.2) is 93.7 Å². The van der Waals surface area contributed by atoms with Crippen molar-refractivity contribution in [1.29, 1.82) is 0 Å². The molecule has 2 aliphatic rings. The Labute approximate surface area is 130 Å². The first-order valence-corrected chi connectivity index (χ1v) is 6.80. The van der Waals surface area contributed by atoms with Gasteiger partial charge >= 0.3 is 6.03 Å². The summed E-state index contributed by atoms with van der Waals surface area (Å²) in [5.74, 6) is -3.01. The molecule has 0 saturated carbocycles. The summed E-state index contributed by atoms with van der Waals surface area (Å²) >= 11 is 0. The Kier molecular flexibility index (Phi) is 5.06. The average molecular weight is 332 g/mol. The van der Waals surface area contributed by atoms with E-state index in [-0.39, 0.29) is 0 Å². The Morgan fingerprint density at radius 2 is 1.91 bits per heavy atom. The SMILES string of the molecule is CN1C(=O)NC(=O)[C@H](C=[NH+][C@H]2[C@@H](O)[C@@H](O)[C@H](CO)O[C@H]2O)C1=O. The van der Waals surface area contributed by atoms with Crippen LogP contribution in [0.2, 0.25) is 0 Å². The van der Waals surface area contributed by atoms with Crippen LogP contribution in [0.3, 0.4) is 0 Å². The average Bonchev–Trinajstić information content (AvgIpc) is 2.51. The molecule has 6 N–H and O–H groups in total. The molecule has 0 radical (unpaired) electrons. The minimum absolute atomic E-state index is 0.609. The summed E-state index contributed by atoms with van der Waals surface area (Å²) in [7, 11) is 1.19. The molecule has 0 aromatic carbocycles. The fourth-order valence-electron chi connectivity index (χ4n) is 2.32. The molecule has 2 aliphatic heterocycles. The third-order valence-corrected chi connectivity index (χ3v) is 3.77. The first kappa shape index (κ1) is 17.4. The summed E-state index contributed by atoms with van der Waals surface area (Å²) in [5.41, 5.74) is 0. The van der Waals surface area contributed by atoms with Crippen LogP contribution in [0.25, 0.3) is 0 Å². The zero-order valence-corrected chi connectivity index (χ0v) is 12.1. The summed E-state index contributed by atoms with van der Waals surface area (Å²) in [6.07, 6.45) is -4.76. The first-order chi connectivity index (χ1) is 10.8. The van der Waals surface area contributed by atoms with Crippen LogP contribution >= 0.6 is 0 Å². The van der Waals surface area contributed by atoms with Gasteiger partial charge in [-0.25, -0.2) is 9.79 Å². The quantitative estimate of drug-likeness (QED) is 0.219. The lowest BCUT2D eigenvalue weighted by molar-refractivity contribution is -0.557. The van der Waals surface area contributed by atoms with E-state index in [0.29, 0.717) is 4.90 Å². The Balaban J connectivity index is 2.14. The maximum atomic E-state index is 11.9. The molecule has 2 rings (SSSR count). The molecular weight excluding hydrogens is 314 g/mol. The molecule has 2 heterocycles. The zero-order valence-electron chi connectivity index (χ0n) is 12.1. The second-order valence-electron chi connectivity index (χ2n) is 5.26. The molecule has 11 heteroatoms. The van der Waals surface area contributed by atoms with E-state index in [9.17, 15) is 29.7 Å². The van der Waals surface area contributed by atoms with Gasteiger partial charge in [-0.1, -0.05) is 0 Å². The molecule has 0 spiro atoms. The van der Waals surface area contributed by atoms with Gasteiger partial charge in [-0.05, 0) is 0 Å². The van der Waals surface area contributed by atoms with Crippen LogP contribution in [0.5, 0.6) is 0 Å². The molecule has 0 aliphatic carbocycles. The van der Waals surface area contributed by atoms with Crippen molar-refractivity contribution in [2.75, 3.05) is 13.7 Å². The topological polar surface area (TPSA) is 171 Å². The van der Waals surface area contributed by atoms with Gasteiger partial charge in [0.1, 0.15) is 18.3 Å². The second-order valence-corrected chi connectivity index (χ2v) is 5.26. The molecule has 6 atom stereocenters. The Bertz CT molecular complexity index is 538. The number of nitrogens with zero attached hydrogens (tertiary/aromatic N) is 1. The van der Waals surface area contributed by atoms with Crippen molar-refractivity contribution in [3.8, 4) is 0 Å². The van der Waals surface area contributed by atoms with E-state index in [1.165, 1.54) is 7.05 Å². The smallest absolute Gasteiger partial charge is 0.330 e. The fraction of sp³-hybridized carbons (Fsp3) is 0.667. The number of rotatable bonds is 3. The number of amides is 4. The number of urea groups is 1. The highest BCUT2D eigenvalue weighted by Gasteiger charge is 2.47. The van der Waals surface area contributed by atoms with Crippen molar-refractivity contribution in [3.63, 3.8) is 0 Å². The number of aliphatic hydroxyl groups is 4. The normalized spacial score (nSPS) is 39.0. The monoisotopic (exact) mass is 332 g/mol. The van der Waals surface area contributed by atoms with E-state index in [2.05, 4.69) is 4.99 Å². The van der Waals surface area contributed by atoms with Crippen LogP contribution in [0.4, 0.5) is 4.79 Å². The molecule has 23 heavy (non-hydrogen) atoms. The molecule has 0 aromatic rings. The molecule has 2 fully saturated rings. The number of carbonyl (C=O) groups excluding carboxylic acids is 3. The van der Waals surface area contributed by atoms with E-state index in [4.69, 9.17) is 9.84 Å². The standard InChI is InChI=1S/C12H17N3O8/c1-15-10(20)4(9(19)14-12(15)22)2-13-6-8(18)7(17)5(3-16)23-11(6)21/h2,4-8,11,16-18,21H,3H2,1H3,(H,14,19,22)/p+1/t4-,5-,6-,7-,8+,11+/m0/s1. The van der Waals surface area contributed by atoms with Gasteiger partial charge in [-0.15, -0.1) is 0 Å². The van der Waals surface area contributed by atoms with E-state index in [0.717, 1.165) is 6.21 Å². The van der Waals surface area contributed by atoms with E-state index < -0.39 is 61.0 Å². The van der Waals surface area contributed by atoms with Gasteiger partial charge in [-0.3, -0.25) is 19.8 Å². The van der Waals surface area contributed by atoms with Crippen LogP contribution < -0.4 is 10.3 Å². The number of ether oxygens (including phenoxy) is 1. The lowest BCUT2D eigenvalue weighted by Gasteiger charge is -2.35. The van der Waals surface area contributed by atoms with Crippen molar-refractivity contribution in [1.82, 2.24) is 10.2 Å². The van der Waals surface area contributed by atoms with Gasteiger partial charge in [0, 0.05) is 7.05 Å². The minimum atomic E-state index is -1.59. The third kappa shape index (κ3) is 3.23. The fourth-order valence-corrected chi connectivity index (χ4v) is 2.32. The highest BCUT2D eigenvalue weighted by atomic mass is 16.6.